The average molecular weight is 350 g/mol. The second kappa shape index (κ2) is 7.62. The molecule has 0 saturated heterocycles. The van der Waals surface area contributed by atoms with Crippen LogP contribution < -0.4 is 9.64 Å². The van der Waals surface area contributed by atoms with Crippen molar-refractivity contribution in [3.63, 3.8) is 0 Å². The Morgan fingerprint density at radius 3 is 2.60 bits per heavy atom. The van der Waals surface area contributed by atoms with E-state index in [-0.39, 0.29) is 0 Å². The first-order valence-corrected chi connectivity index (χ1v) is 9.08. The van der Waals surface area contributed by atoms with E-state index < -0.39 is 0 Å². The van der Waals surface area contributed by atoms with Crippen LogP contribution in [-0.2, 0) is 6.42 Å². The minimum Gasteiger partial charge on any atom is -0.496 e. The molecule has 0 aliphatic carbocycles. The van der Waals surface area contributed by atoms with Crippen LogP contribution in [0, 0.1) is 6.92 Å². The lowest BCUT2D eigenvalue weighted by Crippen LogP contribution is -2.22. The van der Waals surface area contributed by atoms with Gasteiger partial charge in [-0.2, -0.15) is 0 Å². The molecular formula is C21H22N2OS. The fourth-order valence-corrected chi connectivity index (χ4v) is 3.48. The van der Waals surface area contributed by atoms with E-state index in [1.807, 2.05) is 23.4 Å². The minimum absolute atomic E-state index is 0.861. The molecule has 2 aromatic carbocycles. The third kappa shape index (κ3) is 3.80. The molecule has 1 aliphatic heterocycles. The van der Waals surface area contributed by atoms with Gasteiger partial charge in [0.1, 0.15) is 10.8 Å². The predicted molar refractivity (Wildman–Crippen MR) is 108 cm³/mol. The van der Waals surface area contributed by atoms with Gasteiger partial charge in [0.2, 0.25) is 0 Å². The van der Waals surface area contributed by atoms with Gasteiger partial charge in [0.25, 0.3) is 0 Å². The highest BCUT2D eigenvalue weighted by molar-refractivity contribution is 8.14. The first-order chi connectivity index (χ1) is 12.1. The number of aliphatic imine (C=N–C) groups is 1. The van der Waals surface area contributed by atoms with Crippen LogP contribution in [0.5, 0.6) is 5.75 Å². The van der Waals surface area contributed by atoms with Gasteiger partial charge in [-0.1, -0.05) is 49.0 Å². The predicted octanol–water partition coefficient (Wildman–Crippen LogP) is 5.56. The van der Waals surface area contributed by atoms with E-state index in [4.69, 9.17) is 4.74 Å². The Hall–Kier alpha value is -2.46. The molecule has 0 unspecified atom stereocenters. The van der Waals surface area contributed by atoms with Crippen LogP contribution in [-0.4, -0.2) is 12.2 Å². The van der Waals surface area contributed by atoms with Crippen LogP contribution in [0.15, 0.2) is 77.0 Å². The van der Waals surface area contributed by atoms with Crippen molar-refractivity contribution in [1.29, 1.82) is 0 Å². The van der Waals surface area contributed by atoms with Gasteiger partial charge in [-0.15, -0.1) is 0 Å². The first-order valence-electron chi connectivity index (χ1n) is 8.26. The molecule has 128 valence electrons. The lowest BCUT2D eigenvalue weighted by atomic mass is 10.1. The van der Waals surface area contributed by atoms with Gasteiger partial charge in [0.15, 0.2) is 0 Å². The fraction of sp³-hybridized carbons (Fsp3) is 0.190. The molecule has 0 atom stereocenters. The SMILES string of the molecule is C=C1C(Sc2ccc(C)cc2)=NC=CN1c1ccc(CC)c(OC)c1. The number of thioether (sulfide) groups is 1. The van der Waals surface area contributed by atoms with Crippen LogP contribution >= 0.6 is 11.8 Å². The highest BCUT2D eigenvalue weighted by Crippen LogP contribution is 2.33. The standard InChI is InChI=1S/C21H22N2OS/c1-5-17-8-9-18(14-20(17)24-4)23-13-12-22-21(16(23)3)25-19-10-6-15(2)7-11-19/h6-14H,3,5H2,1-2,4H3. The Morgan fingerprint density at radius 2 is 1.92 bits per heavy atom. The van der Waals surface area contributed by atoms with Gasteiger partial charge in [-0.3, -0.25) is 0 Å². The highest BCUT2D eigenvalue weighted by atomic mass is 32.2. The normalized spacial score (nSPS) is 13.8. The van der Waals surface area contributed by atoms with Crippen molar-refractivity contribution in [1.82, 2.24) is 0 Å². The van der Waals surface area contributed by atoms with E-state index in [1.54, 1.807) is 18.9 Å². The molecule has 0 saturated carbocycles. The van der Waals surface area contributed by atoms with E-state index in [1.165, 1.54) is 11.1 Å². The molecule has 3 nitrogen and oxygen atoms in total. The number of aryl methyl sites for hydroxylation is 2. The molecule has 25 heavy (non-hydrogen) atoms. The Labute approximate surface area is 153 Å². The topological polar surface area (TPSA) is 24.8 Å². The van der Waals surface area contributed by atoms with Gasteiger partial charge < -0.3 is 9.64 Å². The fourth-order valence-electron chi connectivity index (χ4n) is 2.66. The molecule has 1 heterocycles. The Balaban J connectivity index is 1.83. The summed E-state index contributed by atoms with van der Waals surface area (Å²) >= 11 is 1.62. The minimum atomic E-state index is 0.861. The lowest BCUT2D eigenvalue weighted by molar-refractivity contribution is 0.410. The molecule has 4 heteroatoms. The molecule has 2 aromatic rings. The zero-order chi connectivity index (χ0) is 17.8. The summed E-state index contributed by atoms with van der Waals surface area (Å²) in [5, 5.41) is 0.893. The van der Waals surface area contributed by atoms with Gasteiger partial charge in [0.05, 0.1) is 12.8 Å². The summed E-state index contributed by atoms with van der Waals surface area (Å²) in [7, 11) is 1.71. The maximum Gasteiger partial charge on any atom is 0.124 e. The third-order valence-electron chi connectivity index (χ3n) is 4.11. The first kappa shape index (κ1) is 17.4. The van der Waals surface area contributed by atoms with Crippen molar-refractivity contribution in [3.05, 3.63) is 78.3 Å². The summed E-state index contributed by atoms with van der Waals surface area (Å²) in [4.78, 5) is 7.71. The van der Waals surface area contributed by atoms with Crippen molar-refractivity contribution < 1.29 is 4.74 Å². The number of nitrogens with zero attached hydrogens (tertiary/aromatic N) is 2. The summed E-state index contributed by atoms with van der Waals surface area (Å²) in [6, 6.07) is 14.7. The van der Waals surface area contributed by atoms with E-state index >= 15 is 0 Å². The second-order valence-corrected chi connectivity index (χ2v) is 6.88. The summed E-state index contributed by atoms with van der Waals surface area (Å²) in [6.07, 6.45) is 4.68. The molecule has 0 N–H and O–H groups in total. The van der Waals surface area contributed by atoms with Crippen molar-refractivity contribution in [2.75, 3.05) is 12.0 Å². The molecule has 0 radical (unpaired) electrons. The number of rotatable bonds is 4. The highest BCUT2D eigenvalue weighted by Gasteiger charge is 2.18. The van der Waals surface area contributed by atoms with E-state index in [0.717, 1.165) is 33.5 Å². The molecule has 0 spiro atoms. The van der Waals surface area contributed by atoms with Gasteiger partial charge in [-0.05, 0) is 37.1 Å². The van der Waals surface area contributed by atoms with E-state index in [9.17, 15) is 0 Å². The van der Waals surface area contributed by atoms with Gasteiger partial charge in [-0.25, -0.2) is 4.99 Å². The molecule has 0 aromatic heterocycles. The van der Waals surface area contributed by atoms with Crippen LogP contribution in [0.2, 0.25) is 0 Å². The zero-order valence-electron chi connectivity index (χ0n) is 14.8. The maximum absolute atomic E-state index is 5.52. The van der Waals surface area contributed by atoms with Gasteiger partial charge >= 0.3 is 0 Å². The number of ether oxygens (including phenoxy) is 1. The molecule has 3 rings (SSSR count). The monoisotopic (exact) mass is 350 g/mol. The largest absolute Gasteiger partial charge is 0.496 e. The number of benzene rings is 2. The second-order valence-electron chi connectivity index (χ2n) is 5.81. The maximum atomic E-state index is 5.52. The lowest BCUT2D eigenvalue weighted by Gasteiger charge is -2.26. The van der Waals surface area contributed by atoms with E-state index in [2.05, 4.69) is 61.8 Å². The quantitative estimate of drug-likeness (QED) is 0.721. The van der Waals surface area contributed by atoms with Crippen molar-refractivity contribution >= 4 is 22.5 Å². The Morgan fingerprint density at radius 1 is 1.16 bits per heavy atom. The number of hydrogen-bond donors (Lipinski definition) is 0. The van der Waals surface area contributed by atoms with Crippen molar-refractivity contribution in [2.24, 2.45) is 4.99 Å². The van der Waals surface area contributed by atoms with Crippen molar-refractivity contribution in [3.8, 4) is 5.75 Å². The van der Waals surface area contributed by atoms with Crippen LogP contribution in [0.3, 0.4) is 0 Å². The summed E-state index contributed by atoms with van der Waals surface area (Å²) in [5.74, 6) is 0.899. The third-order valence-corrected chi connectivity index (χ3v) is 5.15. The summed E-state index contributed by atoms with van der Waals surface area (Å²) < 4.78 is 5.52. The summed E-state index contributed by atoms with van der Waals surface area (Å²) in [5.41, 5.74) is 4.32. The molecule has 0 amide bonds. The van der Waals surface area contributed by atoms with Crippen LogP contribution in [0.25, 0.3) is 0 Å². The Kier molecular flexibility index (Phi) is 5.29. The van der Waals surface area contributed by atoms with E-state index in [0.29, 0.717) is 0 Å². The Bertz CT molecular complexity index is 837. The van der Waals surface area contributed by atoms with Crippen LogP contribution in [0.4, 0.5) is 5.69 Å². The smallest absolute Gasteiger partial charge is 0.124 e. The molecule has 1 aliphatic rings. The number of hydrogen-bond acceptors (Lipinski definition) is 4. The number of anilines is 1. The zero-order valence-corrected chi connectivity index (χ0v) is 15.6. The summed E-state index contributed by atoms with van der Waals surface area (Å²) in [6.45, 7) is 8.46. The average Bonchev–Trinajstić information content (AvgIpc) is 2.64. The van der Waals surface area contributed by atoms with Crippen LogP contribution in [0.1, 0.15) is 18.1 Å². The molecule has 0 fully saturated rings. The molecular weight excluding hydrogens is 328 g/mol. The molecule has 0 bridgehead atoms. The van der Waals surface area contributed by atoms with Gasteiger partial charge in [0, 0.05) is 29.0 Å². The number of methoxy groups -OCH3 is 1. The van der Waals surface area contributed by atoms with Crippen molar-refractivity contribution in [2.45, 2.75) is 25.2 Å².